The van der Waals surface area contributed by atoms with Gasteiger partial charge in [-0.1, -0.05) is 0 Å². The number of halogens is 3. The van der Waals surface area contributed by atoms with Crippen LogP contribution in [0.4, 0.5) is 13.2 Å². The molecule has 0 rings (SSSR count). The van der Waals surface area contributed by atoms with Crippen molar-refractivity contribution in [1.82, 2.24) is 0 Å². The molecule has 0 aromatic rings. The highest BCUT2D eigenvalue weighted by molar-refractivity contribution is 7.46. The van der Waals surface area contributed by atoms with Crippen LogP contribution in [0.15, 0.2) is 0 Å². The molecule has 0 spiro atoms. The number of phosphoric acid groups is 1. The number of hydrogen-bond acceptors (Lipinski definition) is 2. The van der Waals surface area contributed by atoms with Crippen LogP contribution in [0.25, 0.3) is 0 Å². The molecule has 18 heavy (non-hydrogen) atoms. The molecule has 0 saturated carbocycles. The predicted octanol–water partition coefficient (Wildman–Crippen LogP) is 2.15. The van der Waals surface area contributed by atoms with E-state index in [0.717, 1.165) is 0 Å². The van der Waals surface area contributed by atoms with Gasteiger partial charge < -0.3 is 14.3 Å². The third-order valence-electron chi connectivity index (χ3n) is 2.69. The molecule has 9 heteroatoms. The third-order valence-corrected chi connectivity index (χ3v) is 3.15. The third kappa shape index (κ3) is 13.9. The second-order valence-electron chi connectivity index (χ2n) is 3.95. The van der Waals surface area contributed by atoms with E-state index in [1.807, 2.05) is 0 Å². The number of hydrogen-bond donors (Lipinski definition) is 2. The van der Waals surface area contributed by atoms with Crippen molar-refractivity contribution in [1.29, 1.82) is 0 Å². The summed E-state index contributed by atoms with van der Waals surface area (Å²) in [6, 6.07) is 0. The van der Waals surface area contributed by atoms with Crippen LogP contribution in [0.2, 0.25) is 0 Å². The Bertz CT molecular complexity index is 255. The molecule has 0 atom stereocenters. The number of phosphoric ester groups is 1. The minimum Gasteiger partial charge on any atom is -0.327 e. The van der Waals surface area contributed by atoms with Crippen molar-refractivity contribution < 1.29 is 36.5 Å². The Morgan fingerprint density at radius 3 is 1.50 bits per heavy atom. The summed E-state index contributed by atoms with van der Waals surface area (Å²) in [5.41, 5.74) is 0. The van der Waals surface area contributed by atoms with Gasteiger partial charge in [0.1, 0.15) is 0 Å². The van der Waals surface area contributed by atoms with E-state index in [4.69, 9.17) is 9.79 Å². The smallest absolute Gasteiger partial charge is 0.327 e. The van der Waals surface area contributed by atoms with Crippen molar-refractivity contribution in [2.45, 2.75) is 26.9 Å². The van der Waals surface area contributed by atoms with Crippen LogP contribution >= 0.6 is 7.82 Å². The molecule has 2 N–H and O–H groups in total. The van der Waals surface area contributed by atoms with E-state index >= 15 is 0 Å². The van der Waals surface area contributed by atoms with Crippen molar-refractivity contribution >= 4 is 7.82 Å². The summed E-state index contributed by atoms with van der Waals surface area (Å²) in [6.07, 6.45) is -4.71. The molecule has 0 aliphatic heterocycles. The van der Waals surface area contributed by atoms with E-state index in [1.54, 1.807) is 0 Å². The van der Waals surface area contributed by atoms with Crippen molar-refractivity contribution in [3.63, 3.8) is 0 Å². The first-order chi connectivity index (χ1) is 7.89. The fourth-order valence-corrected chi connectivity index (χ4v) is 1.14. The van der Waals surface area contributed by atoms with E-state index in [0.29, 0.717) is 0 Å². The zero-order valence-corrected chi connectivity index (χ0v) is 12.0. The van der Waals surface area contributed by atoms with E-state index in [1.165, 1.54) is 24.1 Å². The number of quaternary nitrogens is 1. The molecule has 0 bridgehead atoms. The molecule has 0 fully saturated rings. The van der Waals surface area contributed by atoms with Gasteiger partial charge >= 0.3 is 14.0 Å². The molecule has 5 nitrogen and oxygen atoms in total. The van der Waals surface area contributed by atoms with Crippen molar-refractivity contribution in [2.75, 3.05) is 33.3 Å². The Balaban J connectivity index is 0. The number of nitrogens with zero attached hydrogens (tertiary/aromatic N) is 1. The van der Waals surface area contributed by atoms with Crippen LogP contribution in [0.3, 0.4) is 0 Å². The highest BCUT2D eigenvalue weighted by Crippen LogP contribution is 2.37. The zero-order chi connectivity index (χ0) is 15.0. The summed E-state index contributed by atoms with van der Waals surface area (Å²) in [4.78, 5) is 15.5. The Hall–Kier alpha value is -0.140. The van der Waals surface area contributed by atoms with Crippen LogP contribution in [-0.4, -0.2) is 53.7 Å². The molecule has 0 aliphatic carbocycles. The quantitative estimate of drug-likeness (QED) is 0.602. The Kier molecular flexibility index (Phi) is 9.10. The summed E-state index contributed by atoms with van der Waals surface area (Å²) in [5.74, 6) is 0. The van der Waals surface area contributed by atoms with Crippen LogP contribution < -0.4 is 0 Å². The lowest BCUT2D eigenvalue weighted by molar-refractivity contribution is -0.904. The summed E-state index contributed by atoms with van der Waals surface area (Å²) in [5, 5.41) is 0. The lowest BCUT2D eigenvalue weighted by Crippen LogP contribution is -2.42. The normalized spacial score (nSPS) is 12.9. The lowest BCUT2D eigenvalue weighted by atomic mass is 10.4. The average molecular weight is 296 g/mol. The van der Waals surface area contributed by atoms with Gasteiger partial charge in [-0.3, -0.25) is 4.52 Å². The lowest BCUT2D eigenvalue weighted by Gasteiger charge is -2.30. The van der Waals surface area contributed by atoms with E-state index < -0.39 is 20.6 Å². The molecular weight excluding hydrogens is 274 g/mol. The van der Waals surface area contributed by atoms with E-state index in [2.05, 4.69) is 32.3 Å². The number of rotatable bonds is 5. The molecular formula is C9H22F3NO4P+. The molecule has 0 saturated heterocycles. The summed E-state index contributed by atoms with van der Waals surface area (Å²) < 4.78 is 47.3. The molecule has 0 heterocycles. The van der Waals surface area contributed by atoms with Gasteiger partial charge in [0.15, 0.2) is 6.61 Å². The maximum atomic E-state index is 11.1. The standard InChI is InChI=1S/C7H18N.C2H4F3O4P/c1-5-8(4,6-2)7-3;3-2(4,5)1-9-10(6,7)8/h5-7H2,1-4H3;1H2,(H2,6,7,8)/q+1;. The Morgan fingerprint density at radius 1 is 1.11 bits per heavy atom. The second-order valence-corrected chi connectivity index (χ2v) is 5.19. The Labute approximate surface area is 105 Å². The summed E-state index contributed by atoms with van der Waals surface area (Å²) in [6.45, 7) is 8.57. The average Bonchev–Trinajstić information content (AvgIpc) is 2.25. The summed E-state index contributed by atoms with van der Waals surface area (Å²) in [7, 11) is -2.69. The van der Waals surface area contributed by atoms with Gasteiger partial charge in [-0.05, 0) is 20.8 Å². The first-order valence-corrected chi connectivity index (χ1v) is 7.02. The topological polar surface area (TPSA) is 66.8 Å². The zero-order valence-electron chi connectivity index (χ0n) is 11.1. The molecule has 0 amide bonds. The van der Waals surface area contributed by atoms with Gasteiger partial charge in [-0.25, -0.2) is 4.57 Å². The van der Waals surface area contributed by atoms with Gasteiger partial charge in [0.2, 0.25) is 0 Å². The monoisotopic (exact) mass is 296 g/mol. The first-order valence-electron chi connectivity index (χ1n) is 5.49. The van der Waals surface area contributed by atoms with Crippen LogP contribution in [0, 0.1) is 0 Å². The molecule has 0 aromatic carbocycles. The molecule has 0 unspecified atom stereocenters. The van der Waals surface area contributed by atoms with Crippen LogP contribution in [-0.2, 0) is 9.09 Å². The van der Waals surface area contributed by atoms with Gasteiger partial charge in [0, 0.05) is 0 Å². The fraction of sp³-hybridized carbons (Fsp3) is 1.00. The highest BCUT2D eigenvalue weighted by Gasteiger charge is 2.31. The highest BCUT2D eigenvalue weighted by atomic mass is 31.2. The van der Waals surface area contributed by atoms with Gasteiger partial charge in [-0.15, -0.1) is 0 Å². The van der Waals surface area contributed by atoms with Gasteiger partial charge in [0.05, 0.1) is 26.7 Å². The van der Waals surface area contributed by atoms with Crippen molar-refractivity contribution in [3.8, 4) is 0 Å². The maximum absolute atomic E-state index is 11.1. The molecule has 112 valence electrons. The maximum Gasteiger partial charge on any atom is 0.469 e. The van der Waals surface area contributed by atoms with E-state index in [-0.39, 0.29) is 0 Å². The minimum atomic E-state index is -4.98. The second kappa shape index (κ2) is 8.12. The fourth-order valence-electron chi connectivity index (χ4n) is 0.828. The summed E-state index contributed by atoms with van der Waals surface area (Å²) >= 11 is 0. The van der Waals surface area contributed by atoms with Crippen molar-refractivity contribution in [2.24, 2.45) is 0 Å². The van der Waals surface area contributed by atoms with E-state index in [9.17, 15) is 17.7 Å². The first kappa shape index (κ1) is 20.2. The van der Waals surface area contributed by atoms with Crippen molar-refractivity contribution in [3.05, 3.63) is 0 Å². The van der Waals surface area contributed by atoms with Gasteiger partial charge in [0.25, 0.3) is 0 Å². The van der Waals surface area contributed by atoms with Crippen LogP contribution in [0.1, 0.15) is 20.8 Å². The minimum absolute atomic E-state index is 1.21. The van der Waals surface area contributed by atoms with Gasteiger partial charge in [-0.2, -0.15) is 13.2 Å². The predicted molar refractivity (Wildman–Crippen MR) is 61.9 cm³/mol. The Morgan fingerprint density at radius 2 is 1.44 bits per heavy atom. The largest absolute Gasteiger partial charge is 0.469 e. The SMILES string of the molecule is CC[N+](C)(CC)CC.O=P(O)(O)OCC(F)(F)F. The molecule has 0 radical (unpaired) electrons. The number of alkyl halides is 3. The van der Waals surface area contributed by atoms with Crippen LogP contribution in [0.5, 0.6) is 0 Å². The molecule has 0 aliphatic rings. The molecule has 0 aromatic heterocycles.